The SMILES string of the molecule is CCc1nc2ccc(C(=O)CSC3CCCCC3)cc2[nH]1. The summed E-state index contributed by atoms with van der Waals surface area (Å²) in [6.45, 7) is 2.07. The Kier molecular flexibility index (Phi) is 4.63. The van der Waals surface area contributed by atoms with E-state index in [1.165, 1.54) is 32.1 Å². The first kappa shape index (κ1) is 14.6. The highest BCUT2D eigenvalue weighted by Crippen LogP contribution is 2.28. The number of hydrogen-bond acceptors (Lipinski definition) is 3. The van der Waals surface area contributed by atoms with Gasteiger partial charge in [0, 0.05) is 17.2 Å². The van der Waals surface area contributed by atoms with Gasteiger partial charge in [0.1, 0.15) is 5.82 Å². The Labute approximate surface area is 129 Å². The van der Waals surface area contributed by atoms with Gasteiger partial charge in [-0.3, -0.25) is 4.79 Å². The second-order valence-electron chi connectivity index (χ2n) is 5.76. The van der Waals surface area contributed by atoms with Crippen LogP contribution >= 0.6 is 11.8 Å². The zero-order valence-electron chi connectivity index (χ0n) is 12.5. The molecule has 0 radical (unpaired) electrons. The fraction of sp³-hybridized carbons (Fsp3) is 0.529. The van der Waals surface area contributed by atoms with Gasteiger partial charge in [0.2, 0.25) is 0 Å². The quantitative estimate of drug-likeness (QED) is 0.834. The number of thioether (sulfide) groups is 1. The van der Waals surface area contributed by atoms with E-state index < -0.39 is 0 Å². The summed E-state index contributed by atoms with van der Waals surface area (Å²) < 4.78 is 0. The van der Waals surface area contributed by atoms with Crippen LogP contribution in [0.1, 0.15) is 55.2 Å². The molecule has 1 aromatic carbocycles. The van der Waals surface area contributed by atoms with Crippen molar-refractivity contribution in [2.45, 2.75) is 50.7 Å². The zero-order valence-corrected chi connectivity index (χ0v) is 13.3. The molecular formula is C17H22N2OS. The molecular weight excluding hydrogens is 280 g/mol. The maximum absolute atomic E-state index is 12.4. The molecule has 1 aliphatic rings. The first-order valence-corrected chi connectivity index (χ1v) is 8.94. The number of aromatic nitrogens is 2. The van der Waals surface area contributed by atoms with Gasteiger partial charge < -0.3 is 4.98 Å². The predicted molar refractivity (Wildman–Crippen MR) is 89.1 cm³/mol. The molecule has 1 N–H and O–H groups in total. The third-order valence-electron chi connectivity index (χ3n) is 4.19. The van der Waals surface area contributed by atoms with Gasteiger partial charge in [-0.15, -0.1) is 0 Å². The molecule has 1 fully saturated rings. The van der Waals surface area contributed by atoms with E-state index in [4.69, 9.17) is 0 Å². The van der Waals surface area contributed by atoms with E-state index in [1.807, 2.05) is 30.0 Å². The van der Waals surface area contributed by atoms with Crippen LogP contribution in [0.4, 0.5) is 0 Å². The molecule has 3 nitrogen and oxygen atoms in total. The normalized spacial score (nSPS) is 16.4. The van der Waals surface area contributed by atoms with Gasteiger partial charge in [0.15, 0.2) is 5.78 Å². The van der Waals surface area contributed by atoms with E-state index in [9.17, 15) is 4.79 Å². The number of nitrogens with one attached hydrogen (secondary N) is 1. The Morgan fingerprint density at radius 3 is 2.90 bits per heavy atom. The number of imidazole rings is 1. The molecule has 112 valence electrons. The highest BCUT2D eigenvalue weighted by Gasteiger charge is 2.16. The van der Waals surface area contributed by atoms with Gasteiger partial charge in [-0.2, -0.15) is 11.8 Å². The smallest absolute Gasteiger partial charge is 0.172 e. The number of aromatic amines is 1. The van der Waals surface area contributed by atoms with Gasteiger partial charge in [0.25, 0.3) is 0 Å². The number of carbonyl (C=O) groups is 1. The maximum Gasteiger partial charge on any atom is 0.172 e. The number of rotatable bonds is 5. The first-order chi connectivity index (χ1) is 10.3. The molecule has 1 heterocycles. The second-order valence-corrected chi connectivity index (χ2v) is 7.05. The fourth-order valence-electron chi connectivity index (χ4n) is 2.91. The van der Waals surface area contributed by atoms with Crippen LogP contribution in [0.25, 0.3) is 11.0 Å². The Morgan fingerprint density at radius 1 is 1.33 bits per heavy atom. The average Bonchev–Trinajstić information content (AvgIpc) is 2.95. The van der Waals surface area contributed by atoms with E-state index in [1.54, 1.807) is 0 Å². The lowest BCUT2D eigenvalue weighted by molar-refractivity contribution is 0.102. The van der Waals surface area contributed by atoms with Crippen LogP contribution in [0, 0.1) is 0 Å². The lowest BCUT2D eigenvalue weighted by Crippen LogP contribution is -2.12. The van der Waals surface area contributed by atoms with E-state index in [0.29, 0.717) is 11.0 Å². The van der Waals surface area contributed by atoms with Crippen molar-refractivity contribution in [1.82, 2.24) is 9.97 Å². The minimum Gasteiger partial charge on any atom is -0.342 e. The Hall–Kier alpha value is -1.29. The lowest BCUT2D eigenvalue weighted by Gasteiger charge is -2.20. The minimum atomic E-state index is 0.236. The number of Topliss-reactive ketones (excluding diaryl/α,β-unsaturated/α-hetero) is 1. The van der Waals surface area contributed by atoms with Crippen LogP contribution in [0.15, 0.2) is 18.2 Å². The summed E-state index contributed by atoms with van der Waals surface area (Å²) in [6.07, 6.45) is 7.45. The number of ketones is 1. The summed E-state index contributed by atoms with van der Waals surface area (Å²) in [5.74, 6) is 1.82. The largest absolute Gasteiger partial charge is 0.342 e. The van der Waals surface area contributed by atoms with E-state index in [0.717, 1.165) is 28.8 Å². The van der Waals surface area contributed by atoms with Crippen molar-refractivity contribution in [2.75, 3.05) is 5.75 Å². The third-order valence-corrected chi connectivity index (χ3v) is 5.56. The number of fused-ring (bicyclic) bond motifs is 1. The molecule has 0 amide bonds. The second kappa shape index (κ2) is 6.65. The molecule has 1 aromatic heterocycles. The molecule has 3 rings (SSSR count). The van der Waals surface area contributed by atoms with Crippen LogP contribution in [0.3, 0.4) is 0 Å². The molecule has 1 aliphatic carbocycles. The summed E-state index contributed by atoms with van der Waals surface area (Å²) in [5.41, 5.74) is 2.72. The average molecular weight is 302 g/mol. The third kappa shape index (κ3) is 3.49. The minimum absolute atomic E-state index is 0.236. The Bertz CT molecular complexity index is 629. The van der Waals surface area contributed by atoms with Crippen molar-refractivity contribution in [3.05, 3.63) is 29.6 Å². The first-order valence-electron chi connectivity index (χ1n) is 7.89. The van der Waals surface area contributed by atoms with Crippen molar-refractivity contribution in [1.29, 1.82) is 0 Å². The van der Waals surface area contributed by atoms with Crippen LogP contribution in [-0.2, 0) is 6.42 Å². The van der Waals surface area contributed by atoms with Gasteiger partial charge in [0.05, 0.1) is 16.8 Å². The van der Waals surface area contributed by atoms with Crippen molar-refractivity contribution in [3.8, 4) is 0 Å². The van der Waals surface area contributed by atoms with Crippen LogP contribution in [0.5, 0.6) is 0 Å². The summed E-state index contributed by atoms with van der Waals surface area (Å²) in [4.78, 5) is 20.1. The molecule has 0 unspecified atom stereocenters. The monoisotopic (exact) mass is 302 g/mol. The summed E-state index contributed by atoms with van der Waals surface area (Å²) in [5, 5.41) is 0.685. The topological polar surface area (TPSA) is 45.8 Å². The number of carbonyl (C=O) groups excluding carboxylic acids is 1. The Balaban J connectivity index is 1.66. The molecule has 0 saturated heterocycles. The van der Waals surface area contributed by atoms with Crippen molar-refractivity contribution in [2.24, 2.45) is 0 Å². The maximum atomic E-state index is 12.4. The van der Waals surface area contributed by atoms with Crippen molar-refractivity contribution < 1.29 is 4.79 Å². The zero-order chi connectivity index (χ0) is 14.7. The van der Waals surface area contributed by atoms with Crippen LogP contribution < -0.4 is 0 Å². The highest BCUT2D eigenvalue weighted by atomic mass is 32.2. The molecule has 0 spiro atoms. The van der Waals surface area contributed by atoms with Gasteiger partial charge in [-0.05, 0) is 31.0 Å². The van der Waals surface area contributed by atoms with Gasteiger partial charge >= 0.3 is 0 Å². The summed E-state index contributed by atoms with van der Waals surface area (Å²) in [6, 6.07) is 5.81. The number of hydrogen-bond donors (Lipinski definition) is 1. The fourth-order valence-corrected chi connectivity index (χ4v) is 4.13. The Morgan fingerprint density at radius 2 is 2.14 bits per heavy atom. The summed E-state index contributed by atoms with van der Waals surface area (Å²) >= 11 is 1.84. The standard InChI is InChI=1S/C17H22N2OS/c1-2-17-18-14-9-8-12(10-15(14)19-17)16(20)11-21-13-6-4-3-5-7-13/h8-10,13H,2-7,11H2,1H3,(H,18,19). The molecule has 0 bridgehead atoms. The molecule has 0 aliphatic heterocycles. The number of H-pyrrole nitrogens is 1. The molecule has 0 atom stereocenters. The molecule has 4 heteroatoms. The molecule has 1 saturated carbocycles. The summed E-state index contributed by atoms with van der Waals surface area (Å²) in [7, 11) is 0. The highest BCUT2D eigenvalue weighted by molar-refractivity contribution is 8.00. The van der Waals surface area contributed by atoms with Crippen LogP contribution in [0.2, 0.25) is 0 Å². The van der Waals surface area contributed by atoms with Gasteiger partial charge in [-0.1, -0.05) is 26.2 Å². The lowest BCUT2D eigenvalue weighted by atomic mass is 10.0. The van der Waals surface area contributed by atoms with Crippen molar-refractivity contribution >= 4 is 28.6 Å². The van der Waals surface area contributed by atoms with Crippen molar-refractivity contribution in [3.63, 3.8) is 0 Å². The van der Waals surface area contributed by atoms with Crippen LogP contribution in [-0.4, -0.2) is 26.8 Å². The number of benzene rings is 1. The van der Waals surface area contributed by atoms with E-state index in [-0.39, 0.29) is 5.78 Å². The molecule has 21 heavy (non-hydrogen) atoms. The van der Waals surface area contributed by atoms with E-state index >= 15 is 0 Å². The van der Waals surface area contributed by atoms with E-state index in [2.05, 4.69) is 16.9 Å². The predicted octanol–water partition coefficient (Wildman–Crippen LogP) is 4.37. The van der Waals surface area contributed by atoms with Gasteiger partial charge in [-0.25, -0.2) is 4.98 Å². The number of nitrogens with zero attached hydrogens (tertiary/aromatic N) is 1. The number of aryl methyl sites for hydroxylation is 1. The molecule has 2 aromatic rings.